The molecule has 6 heteroatoms. The molecule has 0 radical (unpaired) electrons. The van der Waals surface area contributed by atoms with Crippen molar-refractivity contribution < 1.29 is 14.3 Å². The number of fused-ring (bicyclic) bond motifs is 1. The molecule has 3 amide bonds. The normalized spacial score (nSPS) is 17.2. The van der Waals surface area contributed by atoms with E-state index in [1.165, 1.54) is 4.90 Å². The van der Waals surface area contributed by atoms with Crippen molar-refractivity contribution >= 4 is 28.5 Å². The highest BCUT2D eigenvalue weighted by Gasteiger charge is 2.39. The number of ether oxygens (including phenoxy) is 1. The Morgan fingerprint density at radius 2 is 1.84 bits per heavy atom. The third-order valence-electron chi connectivity index (χ3n) is 4.36. The van der Waals surface area contributed by atoms with Crippen molar-refractivity contribution in [1.29, 1.82) is 0 Å². The molecule has 1 aliphatic rings. The predicted molar refractivity (Wildman–Crippen MR) is 94.8 cm³/mol. The molecular weight excluding hydrogens is 318 g/mol. The van der Waals surface area contributed by atoms with E-state index in [1.54, 1.807) is 31.4 Å². The van der Waals surface area contributed by atoms with Gasteiger partial charge in [-0.05, 0) is 41.8 Å². The second kappa shape index (κ2) is 5.98. The van der Waals surface area contributed by atoms with Gasteiger partial charge in [0.1, 0.15) is 11.8 Å². The first-order chi connectivity index (χ1) is 12.2. The van der Waals surface area contributed by atoms with Gasteiger partial charge < -0.3 is 15.0 Å². The number of benzene rings is 2. The van der Waals surface area contributed by atoms with E-state index in [-0.39, 0.29) is 5.91 Å². The lowest BCUT2D eigenvalue weighted by atomic mass is 10.1. The summed E-state index contributed by atoms with van der Waals surface area (Å²) in [5.41, 5.74) is 2.46. The van der Waals surface area contributed by atoms with Crippen molar-refractivity contribution in [3.63, 3.8) is 0 Å². The molecule has 1 fully saturated rings. The number of aromatic amines is 1. The maximum Gasteiger partial charge on any atom is 0.329 e. The maximum absolute atomic E-state index is 12.7. The van der Waals surface area contributed by atoms with Gasteiger partial charge >= 0.3 is 6.03 Å². The zero-order chi connectivity index (χ0) is 17.4. The highest BCUT2D eigenvalue weighted by atomic mass is 16.5. The van der Waals surface area contributed by atoms with E-state index in [0.717, 1.165) is 16.6 Å². The molecule has 0 spiro atoms. The fourth-order valence-electron chi connectivity index (χ4n) is 3.11. The number of carbonyl (C=O) groups excluding carboxylic acids is 2. The summed E-state index contributed by atoms with van der Waals surface area (Å²) in [7, 11) is 1.57. The topological polar surface area (TPSA) is 74.4 Å². The SMILES string of the molecule is COc1ccc(N2C(=O)NC(Cc3cc4ccccc4[nH]3)C2=O)cc1. The van der Waals surface area contributed by atoms with Gasteiger partial charge in [0.15, 0.2) is 0 Å². The van der Waals surface area contributed by atoms with Crippen LogP contribution >= 0.6 is 0 Å². The molecule has 126 valence electrons. The molecule has 4 rings (SSSR count). The fraction of sp³-hybridized carbons (Fsp3) is 0.158. The van der Waals surface area contributed by atoms with Crippen LogP contribution in [0, 0.1) is 0 Å². The summed E-state index contributed by atoms with van der Waals surface area (Å²) < 4.78 is 5.11. The minimum atomic E-state index is -0.581. The van der Waals surface area contributed by atoms with Gasteiger partial charge in [-0.3, -0.25) is 4.79 Å². The molecule has 1 atom stereocenters. The Kier molecular flexibility index (Phi) is 3.65. The number of amides is 3. The maximum atomic E-state index is 12.7. The molecule has 1 aliphatic heterocycles. The van der Waals surface area contributed by atoms with E-state index in [2.05, 4.69) is 10.3 Å². The minimum absolute atomic E-state index is 0.256. The largest absolute Gasteiger partial charge is 0.497 e. The zero-order valence-electron chi connectivity index (χ0n) is 13.7. The van der Waals surface area contributed by atoms with Crippen LogP contribution in [0.3, 0.4) is 0 Å². The van der Waals surface area contributed by atoms with Crippen LogP contribution in [0.1, 0.15) is 5.69 Å². The summed E-state index contributed by atoms with van der Waals surface area (Å²) >= 11 is 0. The lowest BCUT2D eigenvalue weighted by Gasteiger charge is -2.13. The molecule has 6 nitrogen and oxygen atoms in total. The fourth-order valence-corrected chi connectivity index (χ4v) is 3.11. The van der Waals surface area contributed by atoms with Gasteiger partial charge in [-0.25, -0.2) is 9.69 Å². The minimum Gasteiger partial charge on any atom is -0.497 e. The first kappa shape index (κ1) is 15.3. The third kappa shape index (κ3) is 2.71. The molecule has 0 bridgehead atoms. The van der Waals surface area contributed by atoms with Crippen LogP contribution in [0.2, 0.25) is 0 Å². The van der Waals surface area contributed by atoms with Crippen LogP contribution in [-0.2, 0) is 11.2 Å². The number of hydrogen-bond acceptors (Lipinski definition) is 3. The Labute approximate surface area is 144 Å². The molecule has 0 aliphatic carbocycles. The Hall–Kier alpha value is -3.28. The van der Waals surface area contributed by atoms with Crippen molar-refractivity contribution in [2.24, 2.45) is 0 Å². The summed E-state index contributed by atoms with van der Waals surface area (Å²) in [4.78, 5) is 29.4. The van der Waals surface area contributed by atoms with E-state index in [0.29, 0.717) is 17.9 Å². The number of nitrogens with one attached hydrogen (secondary N) is 2. The van der Waals surface area contributed by atoms with Crippen molar-refractivity contribution in [1.82, 2.24) is 10.3 Å². The molecule has 2 aromatic carbocycles. The molecule has 3 aromatic rings. The number of nitrogens with zero attached hydrogens (tertiary/aromatic N) is 1. The lowest BCUT2D eigenvalue weighted by Crippen LogP contribution is -2.32. The van der Waals surface area contributed by atoms with Crippen molar-refractivity contribution in [3.8, 4) is 5.75 Å². The summed E-state index contributed by atoms with van der Waals surface area (Å²) in [6.07, 6.45) is 0.423. The van der Waals surface area contributed by atoms with Gasteiger partial charge in [0.2, 0.25) is 0 Å². The number of imide groups is 1. The van der Waals surface area contributed by atoms with E-state index in [1.807, 2.05) is 30.3 Å². The lowest BCUT2D eigenvalue weighted by molar-refractivity contribution is -0.118. The summed E-state index contributed by atoms with van der Waals surface area (Å²) in [5.74, 6) is 0.416. The molecule has 1 unspecified atom stereocenters. The van der Waals surface area contributed by atoms with Crippen LogP contribution < -0.4 is 15.0 Å². The number of anilines is 1. The molecule has 1 saturated heterocycles. The number of aromatic nitrogens is 1. The highest BCUT2D eigenvalue weighted by molar-refractivity contribution is 6.21. The monoisotopic (exact) mass is 335 g/mol. The van der Waals surface area contributed by atoms with Crippen LogP contribution in [-0.4, -0.2) is 30.1 Å². The second-order valence-electron chi connectivity index (χ2n) is 5.96. The van der Waals surface area contributed by atoms with E-state index in [9.17, 15) is 9.59 Å². The van der Waals surface area contributed by atoms with E-state index < -0.39 is 12.1 Å². The number of urea groups is 1. The van der Waals surface area contributed by atoms with Crippen LogP contribution in [0.25, 0.3) is 10.9 Å². The Balaban J connectivity index is 1.55. The molecular formula is C19H17N3O3. The molecule has 2 N–H and O–H groups in total. The number of rotatable bonds is 4. The average molecular weight is 335 g/mol. The molecule has 0 saturated carbocycles. The number of carbonyl (C=O) groups is 2. The average Bonchev–Trinajstić information content (AvgIpc) is 3.15. The summed E-state index contributed by atoms with van der Waals surface area (Å²) in [6, 6.07) is 15.8. The zero-order valence-corrected chi connectivity index (χ0v) is 13.7. The van der Waals surface area contributed by atoms with Crippen LogP contribution in [0.15, 0.2) is 54.6 Å². The summed E-state index contributed by atoms with van der Waals surface area (Å²) in [5, 5.41) is 3.84. The van der Waals surface area contributed by atoms with Crippen molar-refractivity contribution in [2.75, 3.05) is 12.0 Å². The number of methoxy groups -OCH3 is 1. The van der Waals surface area contributed by atoms with Gasteiger partial charge in [0, 0.05) is 17.6 Å². The van der Waals surface area contributed by atoms with Gasteiger partial charge in [-0.15, -0.1) is 0 Å². The van der Waals surface area contributed by atoms with Crippen molar-refractivity contribution in [3.05, 3.63) is 60.3 Å². The highest BCUT2D eigenvalue weighted by Crippen LogP contribution is 2.24. The Bertz CT molecular complexity index is 913. The first-order valence-electron chi connectivity index (χ1n) is 8.01. The molecule has 25 heavy (non-hydrogen) atoms. The number of hydrogen-bond donors (Lipinski definition) is 2. The standard InChI is InChI=1S/C19H17N3O3/c1-25-15-8-6-14(7-9-15)22-18(23)17(21-19(22)24)11-13-10-12-4-2-3-5-16(12)20-13/h2-10,17,20H,11H2,1H3,(H,21,24). The van der Waals surface area contributed by atoms with Gasteiger partial charge in [-0.2, -0.15) is 0 Å². The van der Waals surface area contributed by atoms with Gasteiger partial charge in [-0.1, -0.05) is 18.2 Å². The predicted octanol–water partition coefficient (Wildman–Crippen LogP) is 2.84. The Morgan fingerprint density at radius 3 is 2.56 bits per heavy atom. The second-order valence-corrected chi connectivity index (χ2v) is 5.96. The number of H-pyrrole nitrogens is 1. The smallest absolute Gasteiger partial charge is 0.329 e. The van der Waals surface area contributed by atoms with Crippen LogP contribution in [0.4, 0.5) is 10.5 Å². The third-order valence-corrected chi connectivity index (χ3v) is 4.36. The van der Waals surface area contributed by atoms with E-state index in [4.69, 9.17) is 4.74 Å². The quantitative estimate of drug-likeness (QED) is 0.720. The number of para-hydroxylation sites is 1. The molecule has 2 heterocycles. The first-order valence-corrected chi connectivity index (χ1v) is 8.01. The Morgan fingerprint density at radius 1 is 1.08 bits per heavy atom. The van der Waals surface area contributed by atoms with Gasteiger partial charge in [0.05, 0.1) is 12.8 Å². The van der Waals surface area contributed by atoms with Gasteiger partial charge in [0.25, 0.3) is 5.91 Å². The molecule has 1 aromatic heterocycles. The van der Waals surface area contributed by atoms with Crippen molar-refractivity contribution in [2.45, 2.75) is 12.5 Å². The van der Waals surface area contributed by atoms with Crippen LogP contribution in [0.5, 0.6) is 5.75 Å². The summed E-state index contributed by atoms with van der Waals surface area (Å²) in [6.45, 7) is 0. The van der Waals surface area contributed by atoms with E-state index >= 15 is 0 Å².